The van der Waals surface area contributed by atoms with Gasteiger partial charge in [-0.15, -0.1) is 0 Å². The molecule has 30 heavy (non-hydrogen) atoms. The van der Waals surface area contributed by atoms with Crippen LogP contribution in [0.1, 0.15) is 21.5 Å². The Morgan fingerprint density at radius 2 is 2.10 bits per heavy atom. The van der Waals surface area contributed by atoms with Crippen LogP contribution in [0.5, 0.6) is 0 Å². The number of nitrogens with one attached hydrogen (secondary N) is 3. The molecule has 1 heterocycles. The van der Waals surface area contributed by atoms with Gasteiger partial charge in [-0.25, -0.2) is 4.98 Å². The molecule has 0 aliphatic heterocycles. The average molecular weight is 490 g/mol. The summed E-state index contributed by atoms with van der Waals surface area (Å²) in [6, 6.07) is 8.25. The number of hydrogen-bond acceptors (Lipinski definition) is 6. The fourth-order valence-electron chi connectivity index (χ4n) is 2.68. The Hall–Kier alpha value is -3.22. The summed E-state index contributed by atoms with van der Waals surface area (Å²) in [7, 11) is 3.04. The first-order chi connectivity index (χ1) is 14.2. The summed E-state index contributed by atoms with van der Waals surface area (Å²) in [5.74, 6) is -0.732. The van der Waals surface area contributed by atoms with Gasteiger partial charge in [-0.3, -0.25) is 15.0 Å². The highest BCUT2D eigenvalue weighted by molar-refractivity contribution is 9.18. The van der Waals surface area contributed by atoms with E-state index in [1.54, 1.807) is 32.2 Å². The molecule has 0 atom stereocenters. The van der Waals surface area contributed by atoms with Crippen molar-refractivity contribution >= 4 is 55.5 Å². The SMILES string of the molecule is CNC(=O)c1cc(C#N)cc(C)c1NC(=O)/C(=C/C(=N)Br)N(C)c1ncccc1Cl. The van der Waals surface area contributed by atoms with Crippen molar-refractivity contribution in [3.05, 3.63) is 63.9 Å². The van der Waals surface area contributed by atoms with Crippen LogP contribution >= 0.6 is 27.5 Å². The summed E-state index contributed by atoms with van der Waals surface area (Å²) in [4.78, 5) is 31.1. The molecule has 1 aromatic heterocycles. The molecule has 0 aliphatic rings. The molecular formula is C20H18BrClN6O2. The maximum absolute atomic E-state index is 13.1. The topological polar surface area (TPSA) is 122 Å². The van der Waals surface area contributed by atoms with Gasteiger partial charge in [0.15, 0.2) is 5.82 Å². The molecule has 0 bridgehead atoms. The van der Waals surface area contributed by atoms with Gasteiger partial charge >= 0.3 is 0 Å². The quantitative estimate of drug-likeness (QED) is 0.423. The number of aryl methyl sites for hydroxylation is 1. The van der Waals surface area contributed by atoms with Gasteiger partial charge in [0.25, 0.3) is 11.8 Å². The van der Waals surface area contributed by atoms with Crippen molar-refractivity contribution in [2.45, 2.75) is 6.92 Å². The van der Waals surface area contributed by atoms with E-state index in [0.29, 0.717) is 22.0 Å². The van der Waals surface area contributed by atoms with E-state index in [1.165, 1.54) is 30.3 Å². The normalized spacial score (nSPS) is 10.7. The Labute approximate surface area is 187 Å². The number of rotatable bonds is 6. The van der Waals surface area contributed by atoms with E-state index in [-0.39, 0.29) is 21.6 Å². The monoisotopic (exact) mass is 488 g/mol. The van der Waals surface area contributed by atoms with Gasteiger partial charge < -0.3 is 15.5 Å². The van der Waals surface area contributed by atoms with E-state index in [0.717, 1.165) is 0 Å². The van der Waals surface area contributed by atoms with Crippen LogP contribution in [0, 0.1) is 23.7 Å². The molecular weight excluding hydrogens is 472 g/mol. The molecule has 0 saturated carbocycles. The smallest absolute Gasteiger partial charge is 0.272 e. The predicted molar refractivity (Wildman–Crippen MR) is 120 cm³/mol. The maximum atomic E-state index is 13.1. The van der Waals surface area contributed by atoms with E-state index in [9.17, 15) is 14.9 Å². The third-order valence-corrected chi connectivity index (χ3v) is 4.61. The summed E-state index contributed by atoms with van der Waals surface area (Å²) in [6.07, 6.45) is 2.82. The summed E-state index contributed by atoms with van der Waals surface area (Å²) in [5.41, 5.74) is 1.29. The molecule has 8 nitrogen and oxygen atoms in total. The summed E-state index contributed by atoms with van der Waals surface area (Å²) in [6.45, 7) is 1.68. The van der Waals surface area contributed by atoms with Gasteiger partial charge in [-0.2, -0.15) is 5.26 Å². The highest BCUT2D eigenvalue weighted by Crippen LogP contribution is 2.27. The number of carbonyl (C=O) groups excluding carboxylic acids is 2. The average Bonchev–Trinajstić information content (AvgIpc) is 2.72. The molecule has 2 rings (SSSR count). The van der Waals surface area contributed by atoms with Crippen molar-refractivity contribution in [2.75, 3.05) is 24.3 Å². The van der Waals surface area contributed by atoms with Crippen molar-refractivity contribution in [1.82, 2.24) is 10.3 Å². The minimum Gasteiger partial charge on any atom is -0.355 e. The lowest BCUT2D eigenvalue weighted by molar-refractivity contribution is -0.112. The van der Waals surface area contributed by atoms with Crippen LogP contribution in [0.15, 0.2) is 42.2 Å². The first-order valence-corrected chi connectivity index (χ1v) is 9.74. The summed E-state index contributed by atoms with van der Waals surface area (Å²) in [5, 5.41) is 22.4. The Morgan fingerprint density at radius 1 is 1.40 bits per heavy atom. The third kappa shape index (κ3) is 5.23. The number of hydrogen-bond donors (Lipinski definition) is 3. The first-order valence-electron chi connectivity index (χ1n) is 8.57. The van der Waals surface area contributed by atoms with Gasteiger partial charge in [0, 0.05) is 20.3 Å². The van der Waals surface area contributed by atoms with Gasteiger partial charge in [-0.1, -0.05) is 11.6 Å². The van der Waals surface area contributed by atoms with E-state index in [2.05, 4.69) is 31.5 Å². The lowest BCUT2D eigenvalue weighted by atomic mass is 10.0. The number of amides is 2. The Morgan fingerprint density at radius 3 is 2.67 bits per heavy atom. The summed E-state index contributed by atoms with van der Waals surface area (Å²) < 4.78 is -0.0466. The lowest BCUT2D eigenvalue weighted by Gasteiger charge is -2.23. The van der Waals surface area contributed by atoms with Crippen molar-refractivity contribution in [3.8, 4) is 6.07 Å². The number of carbonyl (C=O) groups is 2. The molecule has 0 radical (unpaired) electrons. The molecule has 0 spiro atoms. The number of pyridine rings is 1. The largest absolute Gasteiger partial charge is 0.355 e. The number of anilines is 2. The molecule has 0 fully saturated rings. The number of halogens is 2. The molecule has 0 aliphatic carbocycles. The highest BCUT2D eigenvalue weighted by atomic mass is 79.9. The second-order valence-electron chi connectivity index (χ2n) is 6.11. The summed E-state index contributed by atoms with van der Waals surface area (Å²) >= 11 is 9.21. The van der Waals surface area contributed by atoms with Crippen molar-refractivity contribution in [3.63, 3.8) is 0 Å². The maximum Gasteiger partial charge on any atom is 0.272 e. The second kappa shape index (κ2) is 10.0. The van der Waals surface area contributed by atoms with Crippen LogP contribution in [0.25, 0.3) is 0 Å². The van der Waals surface area contributed by atoms with Gasteiger partial charge in [0.1, 0.15) is 5.70 Å². The standard InChI is InChI=1S/C20H18BrClN6O2/c1-11-7-12(10-23)8-13(19(29)25-2)17(11)27-20(30)15(9-16(21)24)28(3)18-14(22)5-4-6-26-18/h4-9,24H,1-3H3,(H,25,29)(H,27,30)/b15-9-,24-16?. The fourth-order valence-corrected chi connectivity index (χ4v) is 3.15. The van der Waals surface area contributed by atoms with Crippen LogP contribution in [0.4, 0.5) is 11.5 Å². The molecule has 2 aromatic rings. The minimum atomic E-state index is -0.596. The van der Waals surface area contributed by atoms with Gasteiger partial charge in [-0.05, 0) is 58.8 Å². The van der Waals surface area contributed by atoms with Crippen LogP contribution in [0.2, 0.25) is 5.02 Å². The van der Waals surface area contributed by atoms with E-state index in [1.807, 2.05) is 6.07 Å². The fraction of sp³-hybridized carbons (Fsp3) is 0.150. The van der Waals surface area contributed by atoms with Crippen molar-refractivity contribution < 1.29 is 9.59 Å². The Balaban J connectivity index is 2.52. The molecule has 10 heteroatoms. The lowest BCUT2D eigenvalue weighted by Crippen LogP contribution is -2.30. The van der Waals surface area contributed by atoms with Gasteiger partial charge in [0.05, 0.1) is 32.5 Å². The zero-order valence-corrected chi connectivity index (χ0v) is 18.7. The highest BCUT2D eigenvalue weighted by Gasteiger charge is 2.22. The van der Waals surface area contributed by atoms with Crippen LogP contribution in [-0.4, -0.2) is 35.5 Å². The molecule has 0 unspecified atom stereocenters. The number of aromatic nitrogens is 1. The molecule has 154 valence electrons. The number of allylic oxidation sites excluding steroid dienone is 1. The van der Waals surface area contributed by atoms with E-state index >= 15 is 0 Å². The molecule has 2 amide bonds. The minimum absolute atomic E-state index is 0.0466. The van der Waals surface area contributed by atoms with Crippen molar-refractivity contribution in [1.29, 1.82) is 10.7 Å². The van der Waals surface area contributed by atoms with E-state index < -0.39 is 11.8 Å². The number of likely N-dealkylation sites (N-methyl/N-ethyl adjacent to an activating group) is 1. The molecule has 3 N–H and O–H groups in total. The van der Waals surface area contributed by atoms with E-state index in [4.69, 9.17) is 17.0 Å². The number of nitrogens with zero attached hydrogens (tertiary/aromatic N) is 3. The number of nitriles is 1. The van der Waals surface area contributed by atoms with Crippen LogP contribution in [-0.2, 0) is 4.79 Å². The van der Waals surface area contributed by atoms with Crippen molar-refractivity contribution in [2.24, 2.45) is 0 Å². The molecule has 0 saturated heterocycles. The third-order valence-electron chi connectivity index (χ3n) is 4.09. The first kappa shape index (κ1) is 23.1. The predicted octanol–water partition coefficient (Wildman–Crippen LogP) is 3.61. The Bertz CT molecular complexity index is 1090. The second-order valence-corrected chi connectivity index (χ2v) is 7.37. The van der Waals surface area contributed by atoms with Crippen LogP contribution in [0.3, 0.4) is 0 Å². The molecule has 1 aromatic carbocycles. The van der Waals surface area contributed by atoms with Gasteiger partial charge in [0.2, 0.25) is 0 Å². The van der Waals surface area contributed by atoms with Crippen LogP contribution < -0.4 is 15.5 Å². The zero-order valence-electron chi connectivity index (χ0n) is 16.4. The zero-order chi connectivity index (χ0) is 22.4. The Kier molecular flexibility index (Phi) is 7.69. The number of benzene rings is 1.